The monoisotopic (exact) mass is 352 g/mol. The fourth-order valence-electron chi connectivity index (χ4n) is 3.92. The highest BCUT2D eigenvalue weighted by Crippen LogP contribution is 2.27. The maximum atomic E-state index is 13.1. The predicted octanol–water partition coefficient (Wildman–Crippen LogP) is 1.64. The topological polar surface area (TPSA) is 60.9 Å². The summed E-state index contributed by atoms with van der Waals surface area (Å²) >= 11 is 0. The molecular weight excluding hydrogens is 324 g/mol. The second-order valence-electron chi connectivity index (χ2n) is 7.21. The third-order valence-electron chi connectivity index (χ3n) is 5.10. The Hall–Kier alpha value is -0.950. The number of hydrogen-bond acceptors (Lipinski definition) is 4. The van der Waals surface area contributed by atoms with Gasteiger partial charge in [-0.05, 0) is 62.8 Å². The molecule has 0 saturated carbocycles. The molecule has 3 rings (SSSR count). The van der Waals surface area contributed by atoms with E-state index in [0.29, 0.717) is 31.1 Å². The Kier molecular flexibility index (Phi) is 5.30. The molecule has 0 bridgehead atoms. The van der Waals surface area contributed by atoms with E-state index in [1.165, 1.54) is 17.5 Å². The van der Waals surface area contributed by atoms with Crippen molar-refractivity contribution in [2.45, 2.75) is 56.6 Å². The number of aryl methyl sites for hydroxylation is 2. The normalized spacial score (nSPS) is 24.5. The lowest BCUT2D eigenvalue weighted by Gasteiger charge is -2.39. The Labute approximate surface area is 145 Å². The van der Waals surface area contributed by atoms with E-state index in [2.05, 4.69) is 4.90 Å². The van der Waals surface area contributed by atoms with Gasteiger partial charge in [-0.25, -0.2) is 8.42 Å². The smallest absolute Gasteiger partial charge is 0.243 e. The first-order valence-corrected chi connectivity index (χ1v) is 10.4. The first-order valence-electron chi connectivity index (χ1n) is 8.92. The van der Waals surface area contributed by atoms with Crippen LogP contribution in [0.15, 0.2) is 23.1 Å². The zero-order valence-corrected chi connectivity index (χ0v) is 15.4. The van der Waals surface area contributed by atoms with Crippen LogP contribution >= 0.6 is 0 Å². The zero-order chi connectivity index (χ0) is 17.3. The molecule has 1 aromatic carbocycles. The summed E-state index contributed by atoms with van der Waals surface area (Å²) in [5.41, 5.74) is 2.50. The van der Waals surface area contributed by atoms with Gasteiger partial charge >= 0.3 is 0 Å². The maximum Gasteiger partial charge on any atom is 0.243 e. The molecule has 0 amide bonds. The molecule has 24 heavy (non-hydrogen) atoms. The molecule has 1 aliphatic heterocycles. The Bertz CT molecular complexity index is 688. The summed E-state index contributed by atoms with van der Waals surface area (Å²) in [5, 5.41) is 9.53. The first kappa shape index (κ1) is 17.9. The minimum atomic E-state index is -3.45. The van der Waals surface area contributed by atoms with E-state index in [1.807, 2.05) is 19.1 Å². The summed E-state index contributed by atoms with van der Waals surface area (Å²) in [6, 6.07) is 5.57. The van der Waals surface area contributed by atoms with Gasteiger partial charge in [-0.3, -0.25) is 4.90 Å². The third kappa shape index (κ3) is 3.67. The number of fused-ring (bicyclic) bond motifs is 1. The van der Waals surface area contributed by atoms with Crippen molar-refractivity contribution in [3.63, 3.8) is 0 Å². The van der Waals surface area contributed by atoms with Gasteiger partial charge in [-0.1, -0.05) is 6.07 Å². The summed E-state index contributed by atoms with van der Waals surface area (Å²) in [6.45, 7) is 6.11. The van der Waals surface area contributed by atoms with Crippen LogP contribution in [0.4, 0.5) is 0 Å². The summed E-state index contributed by atoms with van der Waals surface area (Å²) in [5.74, 6) is 0. The molecule has 1 N–H and O–H groups in total. The van der Waals surface area contributed by atoms with E-state index in [4.69, 9.17) is 0 Å². The molecule has 0 spiro atoms. The van der Waals surface area contributed by atoms with Crippen molar-refractivity contribution >= 4 is 10.0 Å². The molecule has 0 unspecified atom stereocenters. The minimum Gasteiger partial charge on any atom is -0.392 e. The van der Waals surface area contributed by atoms with E-state index in [-0.39, 0.29) is 12.1 Å². The van der Waals surface area contributed by atoms with Crippen LogP contribution in [0.3, 0.4) is 0 Å². The van der Waals surface area contributed by atoms with Crippen molar-refractivity contribution in [2.24, 2.45) is 0 Å². The van der Waals surface area contributed by atoms with E-state index in [0.717, 1.165) is 19.3 Å². The number of nitrogens with zero attached hydrogens (tertiary/aromatic N) is 2. The molecule has 1 heterocycles. The fourth-order valence-corrected chi connectivity index (χ4v) is 5.58. The molecule has 1 aromatic rings. The summed E-state index contributed by atoms with van der Waals surface area (Å²) in [4.78, 5) is 2.56. The van der Waals surface area contributed by atoms with E-state index >= 15 is 0 Å². The minimum absolute atomic E-state index is 0.0847. The van der Waals surface area contributed by atoms with Crippen molar-refractivity contribution < 1.29 is 13.5 Å². The Balaban J connectivity index is 1.78. The van der Waals surface area contributed by atoms with Crippen LogP contribution in [0.5, 0.6) is 0 Å². The summed E-state index contributed by atoms with van der Waals surface area (Å²) in [7, 11) is -3.45. The first-order chi connectivity index (χ1) is 11.4. The largest absolute Gasteiger partial charge is 0.392 e. The SMILES string of the molecule is C[C@@H]1CN(C[C@@H](C)O)CCN1S(=O)(=O)c1ccc2c(c1)CCCC2. The highest BCUT2D eigenvalue weighted by Gasteiger charge is 2.34. The molecule has 5 nitrogen and oxygen atoms in total. The average molecular weight is 353 g/mol. The van der Waals surface area contributed by atoms with Crippen molar-refractivity contribution in [3.05, 3.63) is 29.3 Å². The zero-order valence-electron chi connectivity index (χ0n) is 14.6. The number of piperazine rings is 1. The van der Waals surface area contributed by atoms with E-state index < -0.39 is 10.0 Å². The van der Waals surface area contributed by atoms with Gasteiger partial charge in [0.2, 0.25) is 10.0 Å². The second-order valence-corrected chi connectivity index (χ2v) is 9.10. The third-order valence-corrected chi connectivity index (χ3v) is 7.11. The van der Waals surface area contributed by atoms with Crippen LogP contribution < -0.4 is 0 Å². The van der Waals surface area contributed by atoms with Crippen molar-refractivity contribution in [2.75, 3.05) is 26.2 Å². The van der Waals surface area contributed by atoms with Gasteiger partial charge in [0.15, 0.2) is 0 Å². The van der Waals surface area contributed by atoms with Crippen LogP contribution in [0.2, 0.25) is 0 Å². The number of rotatable bonds is 4. The van der Waals surface area contributed by atoms with E-state index in [9.17, 15) is 13.5 Å². The molecule has 1 fully saturated rings. The predicted molar refractivity (Wildman–Crippen MR) is 94.6 cm³/mol. The molecule has 1 saturated heterocycles. The number of hydrogen-bond donors (Lipinski definition) is 1. The lowest BCUT2D eigenvalue weighted by atomic mass is 9.92. The molecular formula is C18H28N2O3S. The number of sulfonamides is 1. The van der Waals surface area contributed by atoms with Gasteiger partial charge in [-0.15, -0.1) is 0 Å². The van der Waals surface area contributed by atoms with E-state index in [1.54, 1.807) is 17.3 Å². The van der Waals surface area contributed by atoms with Crippen LogP contribution in [0, 0.1) is 0 Å². The second kappa shape index (κ2) is 7.12. The molecule has 1 aliphatic carbocycles. The average Bonchev–Trinajstić information content (AvgIpc) is 2.53. The molecule has 6 heteroatoms. The number of β-amino-alcohol motifs (C(OH)–C–C–N with tert-alkyl or cyclic N) is 1. The van der Waals surface area contributed by atoms with Gasteiger partial charge in [-0.2, -0.15) is 4.31 Å². The van der Waals surface area contributed by atoms with Crippen molar-refractivity contribution in [1.29, 1.82) is 0 Å². The Morgan fingerprint density at radius 1 is 1.21 bits per heavy atom. The van der Waals surface area contributed by atoms with Gasteiger partial charge in [0.1, 0.15) is 0 Å². The highest BCUT2D eigenvalue weighted by atomic mass is 32.2. The summed E-state index contributed by atoms with van der Waals surface area (Å²) < 4.78 is 27.8. The van der Waals surface area contributed by atoms with Crippen LogP contribution in [-0.2, 0) is 22.9 Å². The number of benzene rings is 1. The van der Waals surface area contributed by atoms with Crippen molar-refractivity contribution in [3.8, 4) is 0 Å². The maximum absolute atomic E-state index is 13.1. The number of aliphatic hydroxyl groups is 1. The Morgan fingerprint density at radius 3 is 2.58 bits per heavy atom. The molecule has 0 radical (unpaired) electrons. The lowest BCUT2D eigenvalue weighted by Crippen LogP contribution is -2.54. The van der Waals surface area contributed by atoms with Gasteiger partial charge < -0.3 is 5.11 Å². The molecule has 0 aromatic heterocycles. The van der Waals surface area contributed by atoms with Gasteiger partial charge in [0, 0.05) is 32.2 Å². The van der Waals surface area contributed by atoms with Crippen LogP contribution in [0.1, 0.15) is 37.8 Å². The van der Waals surface area contributed by atoms with Gasteiger partial charge in [0.05, 0.1) is 11.0 Å². The fraction of sp³-hybridized carbons (Fsp3) is 0.667. The molecule has 2 atom stereocenters. The lowest BCUT2D eigenvalue weighted by molar-refractivity contribution is 0.0840. The van der Waals surface area contributed by atoms with Crippen molar-refractivity contribution in [1.82, 2.24) is 9.21 Å². The van der Waals surface area contributed by atoms with Gasteiger partial charge in [0.25, 0.3) is 0 Å². The summed E-state index contributed by atoms with van der Waals surface area (Å²) in [6.07, 6.45) is 3.99. The molecule has 2 aliphatic rings. The Morgan fingerprint density at radius 2 is 1.92 bits per heavy atom. The van der Waals surface area contributed by atoms with Crippen LogP contribution in [-0.4, -0.2) is 61.1 Å². The highest BCUT2D eigenvalue weighted by molar-refractivity contribution is 7.89. The standard InChI is InChI=1S/C18H28N2O3S/c1-14-12-19(13-15(2)21)9-10-20(14)24(22,23)18-8-7-16-5-3-4-6-17(16)11-18/h7-8,11,14-15,21H,3-6,9-10,12-13H2,1-2H3/t14-,15-/m1/s1. The van der Waals surface area contributed by atoms with Crippen LogP contribution in [0.25, 0.3) is 0 Å². The molecule has 134 valence electrons. The quantitative estimate of drug-likeness (QED) is 0.895. The number of aliphatic hydroxyl groups excluding tert-OH is 1.